The van der Waals surface area contributed by atoms with Gasteiger partial charge < -0.3 is 0 Å². The van der Waals surface area contributed by atoms with Crippen LogP contribution in [0.15, 0.2) is 72.4 Å². The summed E-state index contributed by atoms with van der Waals surface area (Å²) in [7, 11) is 0. The summed E-state index contributed by atoms with van der Waals surface area (Å²) in [6, 6.07) is 14.8. The molecule has 2 aromatic carbocycles. The molecule has 1 N–H and O–H groups in total. The van der Waals surface area contributed by atoms with Crippen LogP contribution in [0.4, 0.5) is 4.39 Å². The van der Waals surface area contributed by atoms with Gasteiger partial charge in [-0.05, 0) is 36.0 Å². The van der Waals surface area contributed by atoms with E-state index >= 15 is 0 Å². The van der Waals surface area contributed by atoms with E-state index in [0.29, 0.717) is 22.1 Å². The lowest BCUT2D eigenvalue weighted by atomic mass is 10.1. The van der Waals surface area contributed by atoms with Crippen molar-refractivity contribution in [3.05, 3.63) is 78.6 Å². The number of nitrogens with one attached hydrogen (secondary N) is 1. The van der Waals surface area contributed by atoms with E-state index in [-0.39, 0.29) is 11.6 Å². The van der Waals surface area contributed by atoms with Crippen LogP contribution in [-0.2, 0) is 0 Å². The predicted molar refractivity (Wildman–Crippen MR) is 97.5 cm³/mol. The van der Waals surface area contributed by atoms with Gasteiger partial charge in [0.2, 0.25) is 5.16 Å². The lowest BCUT2D eigenvalue weighted by Gasteiger charge is -2.13. The summed E-state index contributed by atoms with van der Waals surface area (Å²) in [5.41, 5.74) is 1.25. The van der Waals surface area contributed by atoms with E-state index in [0.717, 1.165) is 11.8 Å². The average molecular weight is 380 g/mol. The number of hydrogen-bond acceptors (Lipinski definition) is 6. The Morgan fingerprint density at radius 2 is 1.89 bits per heavy atom. The number of thioether (sulfide) groups is 1. The SMILES string of the molecule is O=C(c1ccccc1)C(Sc1n[nH]c(-c2ccc(F)cc2)n1)n1cncn1. The number of halogens is 1. The molecule has 1 unspecified atom stereocenters. The van der Waals surface area contributed by atoms with Gasteiger partial charge in [-0.25, -0.2) is 19.0 Å². The number of rotatable bonds is 6. The number of carbonyl (C=O) groups excluding carboxylic acids is 1. The zero-order chi connectivity index (χ0) is 18.6. The fraction of sp³-hybridized carbons (Fsp3) is 0.0556. The monoisotopic (exact) mass is 380 g/mol. The van der Waals surface area contributed by atoms with Crippen molar-refractivity contribution in [2.45, 2.75) is 10.5 Å². The number of aromatic amines is 1. The highest BCUT2D eigenvalue weighted by Crippen LogP contribution is 2.32. The maximum Gasteiger partial charge on any atom is 0.211 e. The number of nitrogens with zero attached hydrogens (tertiary/aromatic N) is 5. The number of aromatic nitrogens is 6. The molecule has 2 heterocycles. The van der Waals surface area contributed by atoms with Crippen LogP contribution in [0.3, 0.4) is 0 Å². The predicted octanol–water partition coefficient (Wildman–Crippen LogP) is 3.38. The van der Waals surface area contributed by atoms with Crippen LogP contribution in [0.25, 0.3) is 11.4 Å². The Morgan fingerprint density at radius 1 is 1.11 bits per heavy atom. The van der Waals surface area contributed by atoms with Gasteiger partial charge in [-0.3, -0.25) is 9.89 Å². The number of ketones is 1. The third-order valence-corrected chi connectivity index (χ3v) is 4.81. The van der Waals surface area contributed by atoms with E-state index in [1.807, 2.05) is 6.07 Å². The molecule has 0 spiro atoms. The minimum absolute atomic E-state index is 0.140. The quantitative estimate of drug-likeness (QED) is 0.407. The minimum Gasteiger partial charge on any atom is -0.291 e. The highest BCUT2D eigenvalue weighted by atomic mass is 32.2. The highest BCUT2D eigenvalue weighted by molar-refractivity contribution is 7.99. The van der Waals surface area contributed by atoms with E-state index in [1.165, 1.54) is 29.5 Å². The number of benzene rings is 2. The average Bonchev–Trinajstić information content (AvgIpc) is 3.39. The van der Waals surface area contributed by atoms with E-state index in [1.54, 1.807) is 36.4 Å². The summed E-state index contributed by atoms with van der Waals surface area (Å²) in [5, 5.41) is 10.7. The van der Waals surface area contributed by atoms with Crippen molar-refractivity contribution in [3.63, 3.8) is 0 Å². The van der Waals surface area contributed by atoms with Crippen LogP contribution in [0.5, 0.6) is 0 Å². The molecule has 0 radical (unpaired) electrons. The maximum atomic E-state index is 13.1. The Morgan fingerprint density at radius 3 is 2.59 bits per heavy atom. The molecule has 2 aromatic heterocycles. The van der Waals surface area contributed by atoms with Crippen LogP contribution >= 0.6 is 11.8 Å². The van der Waals surface area contributed by atoms with Gasteiger partial charge in [-0.15, -0.1) is 5.10 Å². The van der Waals surface area contributed by atoms with Gasteiger partial charge in [0, 0.05) is 11.1 Å². The molecule has 0 amide bonds. The minimum atomic E-state index is -0.702. The van der Waals surface area contributed by atoms with Crippen molar-refractivity contribution in [1.82, 2.24) is 29.9 Å². The second-order valence-corrected chi connectivity index (χ2v) is 6.60. The number of Topliss-reactive ketones (excluding diaryl/α,β-unsaturated/α-hetero) is 1. The second-order valence-electron chi connectivity index (χ2n) is 5.55. The molecular weight excluding hydrogens is 367 g/mol. The molecule has 0 bridgehead atoms. The first-order valence-electron chi connectivity index (χ1n) is 7.99. The summed E-state index contributed by atoms with van der Waals surface area (Å²) in [6.45, 7) is 0. The summed E-state index contributed by atoms with van der Waals surface area (Å²) in [6.07, 6.45) is 2.85. The molecule has 27 heavy (non-hydrogen) atoms. The Bertz CT molecular complexity index is 1030. The van der Waals surface area contributed by atoms with Gasteiger partial charge in [-0.2, -0.15) is 5.10 Å². The Kier molecular flexibility index (Phi) is 4.75. The zero-order valence-electron chi connectivity index (χ0n) is 13.9. The van der Waals surface area contributed by atoms with E-state index < -0.39 is 5.37 Å². The van der Waals surface area contributed by atoms with E-state index in [9.17, 15) is 9.18 Å². The van der Waals surface area contributed by atoms with Crippen LogP contribution in [-0.4, -0.2) is 35.7 Å². The molecule has 0 aliphatic carbocycles. The van der Waals surface area contributed by atoms with Gasteiger partial charge in [0.1, 0.15) is 18.5 Å². The van der Waals surface area contributed by atoms with Gasteiger partial charge in [0.05, 0.1) is 0 Å². The van der Waals surface area contributed by atoms with Crippen LogP contribution in [0.2, 0.25) is 0 Å². The summed E-state index contributed by atoms with van der Waals surface area (Å²) in [4.78, 5) is 21.3. The number of carbonyl (C=O) groups is 1. The van der Waals surface area contributed by atoms with Crippen molar-refractivity contribution in [2.24, 2.45) is 0 Å². The van der Waals surface area contributed by atoms with Crippen molar-refractivity contribution >= 4 is 17.5 Å². The maximum absolute atomic E-state index is 13.1. The van der Waals surface area contributed by atoms with Crippen molar-refractivity contribution < 1.29 is 9.18 Å². The number of H-pyrrole nitrogens is 1. The molecule has 0 fully saturated rings. The highest BCUT2D eigenvalue weighted by Gasteiger charge is 2.26. The van der Waals surface area contributed by atoms with Crippen LogP contribution in [0, 0.1) is 5.82 Å². The third kappa shape index (κ3) is 3.77. The molecule has 0 aliphatic rings. The summed E-state index contributed by atoms with van der Waals surface area (Å²) in [5.74, 6) is 0.0220. The van der Waals surface area contributed by atoms with Crippen molar-refractivity contribution in [2.75, 3.05) is 0 Å². The Balaban J connectivity index is 1.61. The third-order valence-electron chi connectivity index (χ3n) is 3.76. The lowest BCUT2D eigenvalue weighted by molar-refractivity contribution is 0.0962. The lowest BCUT2D eigenvalue weighted by Crippen LogP contribution is -2.17. The van der Waals surface area contributed by atoms with Crippen molar-refractivity contribution in [3.8, 4) is 11.4 Å². The fourth-order valence-electron chi connectivity index (χ4n) is 2.45. The first-order valence-corrected chi connectivity index (χ1v) is 8.87. The molecule has 134 valence electrons. The zero-order valence-corrected chi connectivity index (χ0v) is 14.7. The van der Waals surface area contributed by atoms with E-state index in [4.69, 9.17) is 0 Å². The van der Waals surface area contributed by atoms with Crippen LogP contribution in [0.1, 0.15) is 15.7 Å². The van der Waals surface area contributed by atoms with Crippen molar-refractivity contribution in [1.29, 1.82) is 0 Å². The topological polar surface area (TPSA) is 89.4 Å². The second kappa shape index (κ2) is 7.50. The molecule has 9 heteroatoms. The van der Waals surface area contributed by atoms with E-state index in [2.05, 4.69) is 25.3 Å². The van der Waals surface area contributed by atoms with Gasteiger partial charge in [0.25, 0.3) is 0 Å². The van der Waals surface area contributed by atoms with Gasteiger partial charge in [-0.1, -0.05) is 30.3 Å². The van der Waals surface area contributed by atoms with Gasteiger partial charge >= 0.3 is 0 Å². The Labute approximate surface area is 157 Å². The molecule has 1 atom stereocenters. The normalized spacial score (nSPS) is 12.0. The largest absolute Gasteiger partial charge is 0.291 e. The molecule has 0 aliphatic heterocycles. The standard InChI is InChI=1S/C18H13FN6OS/c19-14-8-6-13(7-9-14)16-22-18(24-23-16)27-17(25-11-20-10-21-25)15(26)12-4-2-1-3-5-12/h1-11,17H,(H,22,23,24). The number of hydrogen-bond donors (Lipinski definition) is 1. The summed E-state index contributed by atoms with van der Waals surface area (Å²) >= 11 is 1.15. The first kappa shape index (κ1) is 17.1. The van der Waals surface area contributed by atoms with Crippen LogP contribution < -0.4 is 0 Å². The first-order chi connectivity index (χ1) is 13.2. The smallest absolute Gasteiger partial charge is 0.211 e. The molecule has 0 saturated carbocycles. The molecular formula is C18H13FN6OS. The Hall–Kier alpha value is -3.33. The fourth-order valence-corrected chi connectivity index (χ4v) is 3.35. The summed E-state index contributed by atoms with van der Waals surface area (Å²) < 4.78 is 14.5. The molecule has 0 saturated heterocycles. The molecule has 7 nitrogen and oxygen atoms in total. The molecule has 4 aromatic rings. The molecule has 4 rings (SSSR count). The van der Waals surface area contributed by atoms with Gasteiger partial charge in [0.15, 0.2) is 17.0 Å².